The fourth-order valence-corrected chi connectivity index (χ4v) is 2.12. The van der Waals surface area contributed by atoms with E-state index in [2.05, 4.69) is 10.6 Å². The maximum Gasteiger partial charge on any atom is 0.311 e. The number of hydrogen-bond acceptors (Lipinski definition) is 5. The van der Waals surface area contributed by atoms with Gasteiger partial charge in [-0.3, -0.25) is 19.7 Å². The first kappa shape index (κ1) is 17.9. The number of carbonyl (C=O) groups excluding carboxylic acids is 2. The van der Waals surface area contributed by atoms with Crippen molar-refractivity contribution in [1.82, 2.24) is 0 Å². The van der Waals surface area contributed by atoms with Crippen LogP contribution in [0.3, 0.4) is 0 Å². The van der Waals surface area contributed by atoms with E-state index in [0.717, 1.165) is 0 Å². The predicted molar refractivity (Wildman–Crippen MR) is 93.0 cm³/mol. The summed E-state index contributed by atoms with van der Waals surface area (Å²) in [6.07, 6.45) is 0. The lowest BCUT2D eigenvalue weighted by atomic mass is 10.1. The van der Waals surface area contributed by atoms with Gasteiger partial charge in [-0.05, 0) is 43.3 Å². The van der Waals surface area contributed by atoms with Gasteiger partial charge < -0.3 is 15.4 Å². The lowest BCUT2D eigenvalue weighted by molar-refractivity contribution is -0.385. The highest BCUT2D eigenvalue weighted by Crippen LogP contribution is 2.28. The zero-order valence-electron chi connectivity index (χ0n) is 13.7. The molecule has 0 saturated heterocycles. The van der Waals surface area contributed by atoms with Crippen molar-refractivity contribution in [3.05, 3.63) is 58.1 Å². The lowest BCUT2D eigenvalue weighted by Gasteiger charge is -2.08. The van der Waals surface area contributed by atoms with E-state index >= 15 is 0 Å². The van der Waals surface area contributed by atoms with Crippen LogP contribution in [0.25, 0.3) is 0 Å². The van der Waals surface area contributed by atoms with Crippen LogP contribution in [-0.4, -0.2) is 23.3 Å². The van der Waals surface area contributed by atoms with Crippen molar-refractivity contribution >= 4 is 28.9 Å². The van der Waals surface area contributed by atoms with Crippen LogP contribution in [0.4, 0.5) is 17.1 Å². The second kappa shape index (κ2) is 7.91. The average Bonchev–Trinajstić information content (AvgIpc) is 2.56. The molecule has 0 fully saturated rings. The van der Waals surface area contributed by atoms with E-state index in [9.17, 15) is 19.7 Å². The molecule has 2 N–H and O–H groups in total. The molecule has 2 rings (SSSR count). The van der Waals surface area contributed by atoms with Gasteiger partial charge in [-0.25, -0.2) is 0 Å². The predicted octanol–water partition coefficient (Wildman–Crippen LogP) is 3.20. The number of ether oxygens (including phenoxy) is 1. The minimum Gasteiger partial charge on any atom is -0.487 e. The largest absolute Gasteiger partial charge is 0.487 e. The molecule has 0 radical (unpaired) electrons. The van der Waals surface area contributed by atoms with Crippen molar-refractivity contribution in [3.63, 3.8) is 0 Å². The van der Waals surface area contributed by atoms with Gasteiger partial charge >= 0.3 is 5.69 Å². The molecule has 0 saturated carbocycles. The summed E-state index contributed by atoms with van der Waals surface area (Å²) < 4.78 is 5.19. The van der Waals surface area contributed by atoms with Crippen LogP contribution >= 0.6 is 0 Å². The van der Waals surface area contributed by atoms with Gasteiger partial charge in [0, 0.05) is 29.9 Å². The Hall–Kier alpha value is -3.42. The molecular formula is C17H17N3O5. The number of rotatable bonds is 6. The van der Waals surface area contributed by atoms with Gasteiger partial charge in [0.2, 0.25) is 5.91 Å². The monoisotopic (exact) mass is 343 g/mol. The number of amides is 2. The van der Waals surface area contributed by atoms with Gasteiger partial charge in [0.1, 0.15) is 0 Å². The third-order valence-electron chi connectivity index (χ3n) is 3.18. The van der Waals surface area contributed by atoms with E-state index in [4.69, 9.17) is 4.74 Å². The molecule has 0 aromatic heterocycles. The zero-order valence-corrected chi connectivity index (χ0v) is 13.7. The fourth-order valence-electron chi connectivity index (χ4n) is 2.12. The summed E-state index contributed by atoms with van der Waals surface area (Å²) >= 11 is 0. The molecule has 0 aliphatic carbocycles. The highest BCUT2D eigenvalue weighted by Gasteiger charge is 2.18. The van der Waals surface area contributed by atoms with Crippen LogP contribution in [0, 0.1) is 10.1 Å². The number of carbonyl (C=O) groups is 2. The summed E-state index contributed by atoms with van der Waals surface area (Å²) in [5.41, 5.74) is 0.967. The third-order valence-corrected chi connectivity index (χ3v) is 3.18. The van der Waals surface area contributed by atoms with Crippen molar-refractivity contribution in [2.75, 3.05) is 17.2 Å². The molecule has 0 heterocycles. The molecule has 0 aliphatic rings. The minimum atomic E-state index is -0.593. The van der Waals surface area contributed by atoms with Crippen molar-refractivity contribution in [2.24, 2.45) is 0 Å². The number of nitrogens with zero attached hydrogens (tertiary/aromatic N) is 1. The smallest absolute Gasteiger partial charge is 0.311 e. The number of benzene rings is 2. The van der Waals surface area contributed by atoms with E-state index in [-0.39, 0.29) is 29.5 Å². The standard InChI is InChI=1S/C17H17N3O5/c1-3-25-16-9-4-12(10-15(16)20(23)24)17(22)19-14-7-5-13(6-8-14)18-11(2)21/h4-10H,3H2,1-2H3,(H,18,21)(H,19,22). The van der Waals surface area contributed by atoms with E-state index in [0.29, 0.717) is 11.4 Å². The summed E-state index contributed by atoms with van der Waals surface area (Å²) in [6.45, 7) is 3.40. The first-order valence-corrected chi connectivity index (χ1v) is 7.51. The molecule has 2 amide bonds. The fraction of sp³-hybridized carbons (Fsp3) is 0.176. The highest BCUT2D eigenvalue weighted by atomic mass is 16.6. The van der Waals surface area contributed by atoms with Gasteiger partial charge in [-0.15, -0.1) is 0 Å². The topological polar surface area (TPSA) is 111 Å². The number of anilines is 2. The van der Waals surface area contributed by atoms with Gasteiger partial charge in [0.15, 0.2) is 5.75 Å². The van der Waals surface area contributed by atoms with E-state index in [1.165, 1.54) is 25.1 Å². The van der Waals surface area contributed by atoms with Gasteiger partial charge in [-0.1, -0.05) is 0 Å². The summed E-state index contributed by atoms with van der Waals surface area (Å²) in [7, 11) is 0. The number of nitro benzene ring substituents is 1. The van der Waals surface area contributed by atoms with Crippen molar-refractivity contribution < 1.29 is 19.2 Å². The van der Waals surface area contributed by atoms with Crippen LogP contribution in [0.2, 0.25) is 0 Å². The first-order valence-electron chi connectivity index (χ1n) is 7.51. The highest BCUT2D eigenvalue weighted by molar-refractivity contribution is 6.05. The molecule has 0 spiro atoms. The molecule has 0 atom stereocenters. The van der Waals surface area contributed by atoms with E-state index in [1.54, 1.807) is 31.2 Å². The first-order chi connectivity index (χ1) is 11.9. The summed E-state index contributed by atoms with van der Waals surface area (Å²) in [5, 5.41) is 16.4. The summed E-state index contributed by atoms with van der Waals surface area (Å²) in [4.78, 5) is 33.8. The molecule has 25 heavy (non-hydrogen) atoms. The second-order valence-corrected chi connectivity index (χ2v) is 5.09. The normalized spacial score (nSPS) is 10.0. The Morgan fingerprint density at radius 3 is 2.20 bits per heavy atom. The van der Waals surface area contributed by atoms with Gasteiger partial charge in [0.05, 0.1) is 11.5 Å². The minimum absolute atomic E-state index is 0.115. The Bertz CT molecular complexity index is 802. The Kier molecular flexibility index (Phi) is 5.67. The van der Waals surface area contributed by atoms with Crippen molar-refractivity contribution in [1.29, 1.82) is 0 Å². The Morgan fingerprint density at radius 1 is 1.08 bits per heavy atom. The van der Waals surface area contributed by atoms with Gasteiger partial charge in [0.25, 0.3) is 5.91 Å². The zero-order chi connectivity index (χ0) is 18.4. The number of nitrogens with one attached hydrogen (secondary N) is 2. The maximum absolute atomic E-state index is 12.3. The Labute approximate surface area is 144 Å². The average molecular weight is 343 g/mol. The van der Waals surface area contributed by atoms with Crippen molar-refractivity contribution in [2.45, 2.75) is 13.8 Å². The molecule has 130 valence electrons. The molecule has 0 unspecified atom stereocenters. The SMILES string of the molecule is CCOc1ccc(C(=O)Nc2ccc(NC(C)=O)cc2)cc1[N+](=O)[O-]. The molecule has 2 aromatic rings. The van der Waals surface area contributed by atoms with Gasteiger partial charge in [-0.2, -0.15) is 0 Å². The Balaban J connectivity index is 2.16. The molecular weight excluding hydrogens is 326 g/mol. The maximum atomic E-state index is 12.3. The third kappa shape index (κ3) is 4.77. The summed E-state index contributed by atoms with van der Waals surface area (Å²) in [6, 6.07) is 10.5. The van der Waals surface area contributed by atoms with Crippen LogP contribution in [0.1, 0.15) is 24.2 Å². The van der Waals surface area contributed by atoms with Crippen LogP contribution < -0.4 is 15.4 Å². The van der Waals surface area contributed by atoms with E-state index < -0.39 is 10.8 Å². The molecule has 8 heteroatoms. The van der Waals surface area contributed by atoms with Crippen LogP contribution in [0.15, 0.2) is 42.5 Å². The van der Waals surface area contributed by atoms with E-state index in [1.807, 2.05) is 0 Å². The summed E-state index contributed by atoms with van der Waals surface area (Å²) in [5.74, 6) is -0.569. The molecule has 8 nitrogen and oxygen atoms in total. The number of nitro groups is 1. The van der Waals surface area contributed by atoms with Crippen LogP contribution in [-0.2, 0) is 4.79 Å². The van der Waals surface area contributed by atoms with Crippen LogP contribution in [0.5, 0.6) is 5.75 Å². The lowest BCUT2D eigenvalue weighted by Crippen LogP contribution is -2.12. The Morgan fingerprint density at radius 2 is 1.68 bits per heavy atom. The molecule has 2 aromatic carbocycles. The number of hydrogen-bond donors (Lipinski definition) is 2. The molecule has 0 bridgehead atoms. The van der Waals surface area contributed by atoms with Crippen molar-refractivity contribution in [3.8, 4) is 5.75 Å². The molecule has 0 aliphatic heterocycles. The quantitative estimate of drug-likeness (QED) is 0.618. The second-order valence-electron chi connectivity index (χ2n) is 5.09.